The minimum atomic E-state index is 0.117. The van der Waals surface area contributed by atoms with Crippen molar-refractivity contribution in [3.63, 3.8) is 0 Å². The fourth-order valence-corrected chi connectivity index (χ4v) is 2.11. The van der Waals surface area contributed by atoms with E-state index >= 15 is 0 Å². The van der Waals surface area contributed by atoms with Crippen LogP contribution in [0.1, 0.15) is 6.92 Å². The first-order valence-corrected chi connectivity index (χ1v) is 5.98. The second-order valence-corrected chi connectivity index (χ2v) is 4.24. The average molecular weight is 228 g/mol. The number of nitrogens with zero attached hydrogens (tertiary/aromatic N) is 2. The minimum Gasteiger partial charge on any atom is -0.379 e. The van der Waals surface area contributed by atoms with Gasteiger partial charge in [-0.2, -0.15) is 0 Å². The van der Waals surface area contributed by atoms with E-state index in [2.05, 4.69) is 4.90 Å². The van der Waals surface area contributed by atoms with Crippen molar-refractivity contribution in [3.8, 4) is 0 Å². The van der Waals surface area contributed by atoms with Gasteiger partial charge in [0.2, 0.25) is 5.91 Å². The summed E-state index contributed by atoms with van der Waals surface area (Å²) in [5.74, 6) is 0.117. The van der Waals surface area contributed by atoms with E-state index in [1.165, 1.54) is 0 Å². The standard InChI is InChI=1S/C11H20N2O3/c1-2-15-9-11(14)13-7-10(8-13)12-3-5-16-6-4-12/h10H,2-9H2,1H3. The highest BCUT2D eigenvalue weighted by Gasteiger charge is 2.34. The van der Waals surface area contributed by atoms with Crippen molar-refractivity contribution in [2.45, 2.75) is 13.0 Å². The van der Waals surface area contributed by atoms with Crippen LogP contribution in [0.4, 0.5) is 0 Å². The van der Waals surface area contributed by atoms with Crippen molar-refractivity contribution in [3.05, 3.63) is 0 Å². The molecule has 2 fully saturated rings. The van der Waals surface area contributed by atoms with Gasteiger partial charge in [0.1, 0.15) is 6.61 Å². The lowest BCUT2D eigenvalue weighted by atomic mass is 10.1. The van der Waals surface area contributed by atoms with Crippen molar-refractivity contribution in [2.24, 2.45) is 0 Å². The van der Waals surface area contributed by atoms with Gasteiger partial charge in [0.15, 0.2) is 0 Å². The molecule has 16 heavy (non-hydrogen) atoms. The second-order valence-electron chi connectivity index (χ2n) is 4.24. The largest absolute Gasteiger partial charge is 0.379 e. The van der Waals surface area contributed by atoms with Gasteiger partial charge >= 0.3 is 0 Å². The Morgan fingerprint density at radius 3 is 2.69 bits per heavy atom. The molecule has 0 aromatic rings. The van der Waals surface area contributed by atoms with Crippen molar-refractivity contribution < 1.29 is 14.3 Å². The molecule has 5 heteroatoms. The van der Waals surface area contributed by atoms with Gasteiger partial charge in [-0.1, -0.05) is 0 Å². The van der Waals surface area contributed by atoms with Gasteiger partial charge in [0.25, 0.3) is 0 Å². The lowest BCUT2D eigenvalue weighted by molar-refractivity contribution is -0.144. The van der Waals surface area contributed by atoms with Crippen LogP contribution in [0.2, 0.25) is 0 Å². The Hall–Kier alpha value is -0.650. The van der Waals surface area contributed by atoms with Gasteiger partial charge in [0, 0.05) is 38.8 Å². The highest BCUT2D eigenvalue weighted by molar-refractivity contribution is 5.78. The molecule has 0 atom stereocenters. The summed E-state index contributed by atoms with van der Waals surface area (Å²) in [6.07, 6.45) is 0. The summed E-state index contributed by atoms with van der Waals surface area (Å²) < 4.78 is 10.4. The SMILES string of the molecule is CCOCC(=O)N1CC(N2CCOCC2)C1. The first-order chi connectivity index (χ1) is 7.81. The van der Waals surface area contributed by atoms with Crippen molar-refractivity contribution in [1.29, 1.82) is 0 Å². The molecule has 2 aliphatic heterocycles. The van der Waals surface area contributed by atoms with E-state index in [1.54, 1.807) is 0 Å². The van der Waals surface area contributed by atoms with Gasteiger partial charge in [0.05, 0.1) is 13.2 Å². The quantitative estimate of drug-likeness (QED) is 0.654. The molecule has 0 N–H and O–H groups in total. The monoisotopic (exact) mass is 228 g/mol. The van der Waals surface area contributed by atoms with E-state index in [0.717, 1.165) is 39.4 Å². The normalized spacial score (nSPS) is 23.2. The molecule has 0 aromatic carbocycles. The van der Waals surface area contributed by atoms with Gasteiger partial charge < -0.3 is 14.4 Å². The maximum Gasteiger partial charge on any atom is 0.248 e. The summed E-state index contributed by atoms with van der Waals surface area (Å²) in [6, 6.07) is 0.537. The van der Waals surface area contributed by atoms with Crippen LogP contribution < -0.4 is 0 Å². The molecule has 2 aliphatic rings. The third-order valence-electron chi connectivity index (χ3n) is 3.21. The second kappa shape index (κ2) is 5.61. The van der Waals surface area contributed by atoms with E-state index < -0.39 is 0 Å². The highest BCUT2D eigenvalue weighted by Crippen LogP contribution is 2.16. The third kappa shape index (κ3) is 2.72. The summed E-state index contributed by atoms with van der Waals surface area (Å²) in [4.78, 5) is 15.9. The summed E-state index contributed by atoms with van der Waals surface area (Å²) in [7, 11) is 0. The Morgan fingerprint density at radius 2 is 2.06 bits per heavy atom. The Balaban J connectivity index is 1.66. The van der Waals surface area contributed by atoms with Crippen LogP contribution in [0.25, 0.3) is 0 Å². The molecule has 0 unspecified atom stereocenters. The number of hydrogen-bond acceptors (Lipinski definition) is 4. The topological polar surface area (TPSA) is 42.0 Å². The van der Waals surface area contributed by atoms with Crippen LogP contribution >= 0.6 is 0 Å². The van der Waals surface area contributed by atoms with E-state index in [4.69, 9.17) is 9.47 Å². The fourth-order valence-electron chi connectivity index (χ4n) is 2.11. The van der Waals surface area contributed by atoms with Crippen LogP contribution in [-0.2, 0) is 14.3 Å². The molecule has 2 heterocycles. The molecular weight excluding hydrogens is 208 g/mol. The van der Waals surface area contributed by atoms with Crippen molar-refractivity contribution in [1.82, 2.24) is 9.80 Å². The number of hydrogen-bond donors (Lipinski definition) is 0. The summed E-state index contributed by atoms with van der Waals surface area (Å²) in [5, 5.41) is 0. The average Bonchev–Trinajstić information content (AvgIpc) is 2.26. The van der Waals surface area contributed by atoms with Crippen molar-refractivity contribution in [2.75, 3.05) is 52.6 Å². The van der Waals surface area contributed by atoms with Gasteiger partial charge in [-0.3, -0.25) is 9.69 Å². The van der Waals surface area contributed by atoms with Crippen LogP contribution in [0.5, 0.6) is 0 Å². The van der Waals surface area contributed by atoms with Gasteiger partial charge in [-0.05, 0) is 6.92 Å². The zero-order valence-electron chi connectivity index (χ0n) is 9.85. The molecule has 0 saturated carbocycles. The highest BCUT2D eigenvalue weighted by atomic mass is 16.5. The summed E-state index contributed by atoms with van der Waals surface area (Å²) in [5.41, 5.74) is 0. The van der Waals surface area contributed by atoms with Crippen LogP contribution in [0.15, 0.2) is 0 Å². The van der Waals surface area contributed by atoms with Crippen LogP contribution in [0, 0.1) is 0 Å². The summed E-state index contributed by atoms with van der Waals surface area (Å²) >= 11 is 0. The maximum atomic E-state index is 11.6. The molecule has 0 bridgehead atoms. The number of morpholine rings is 1. The lowest BCUT2D eigenvalue weighted by Crippen LogP contribution is -2.63. The first-order valence-electron chi connectivity index (χ1n) is 5.98. The molecule has 0 aliphatic carbocycles. The van der Waals surface area contributed by atoms with Crippen molar-refractivity contribution >= 4 is 5.91 Å². The Labute approximate surface area is 96.3 Å². The Bertz CT molecular complexity index is 235. The summed E-state index contributed by atoms with van der Waals surface area (Å²) in [6.45, 7) is 8.08. The zero-order chi connectivity index (χ0) is 11.4. The van der Waals surface area contributed by atoms with Crippen LogP contribution in [0.3, 0.4) is 0 Å². The predicted octanol–water partition coefficient (Wildman–Crippen LogP) is -0.434. The third-order valence-corrected chi connectivity index (χ3v) is 3.21. The molecular formula is C11H20N2O3. The number of carbonyl (C=O) groups is 1. The molecule has 0 radical (unpaired) electrons. The van der Waals surface area contributed by atoms with E-state index in [1.807, 2.05) is 11.8 Å². The molecule has 0 spiro atoms. The van der Waals surface area contributed by atoms with Gasteiger partial charge in [-0.25, -0.2) is 0 Å². The first kappa shape index (κ1) is 11.8. The molecule has 0 aromatic heterocycles. The minimum absolute atomic E-state index is 0.117. The van der Waals surface area contributed by atoms with Gasteiger partial charge in [-0.15, -0.1) is 0 Å². The molecule has 92 valence electrons. The number of amides is 1. The van der Waals surface area contributed by atoms with E-state index in [9.17, 15) is 4.79 Å². The Morgan fingerprint density at radius 1 is 1.38 bits per heavy atom. The fraction of sp³-hybridized carbons (Fsp3) is 0.909. The maximum absolute atomic E-state index is 11.6. The zero-order valence-corrected chi connectivity index (χ0v) is 9.85. The van der Waals surface area contributed by atoms with Crippen LogP contribution in [-0.4, -0.2) is 74.4 Å². The number of likely N-dealkylation sites (tertiary alicyclic amines) is 1. The van der Waals surface area contributed by atoms with E-state index in [0.29, 0.717) is 12.6 Å². The molecule has 2 rings (SSSR count). The molecule has 1 amide bonds. The number of carbonyl (C=O) groups excluding carboxylic acids is 1. The molecule has 2 saturated heterocycles. The number of ether oxygens (including phenoxy) is 2. The number of rotatable bonds is 4. The smallest absolute Gasteiger partial charge is 0.248 e. The predicted molar refractivity (Wildman–Crippen MR) is 59.3 cm³/mol. The Kier molecular flexibility index (Phi) is 4.15. The van der Waals surface area contributed by atoms with E-state index in [-0.39, 0.29) is 12.5 Å². The lowest BCUT2D eigenvalue weighted by Gasteiger charge is -2.46. The molecule has 5 nitrogen and oxygen atoms in total.